The summed E-state index contributed by atoms with van der Waals surface area (Å²) in [6, 6.07) is 30.6. The third-order valence-electron chi connectivity index (χ3n) is 8.87. The zero-order valence-electron chi connectivity index (χ0n) is 26.6. The van der Waals surface area contributed by atoms with E-state index in [1.807, 2.05) is 30.3 Å². The van der Waals surface area contributed by atoms with Gasteiger partial charge >= 0.3 is 6.09 Å². The summed E-state index contributed by atoms with van der Waals surface area (Å²) < 4.78 is 16.9. The number of aliphatic hydroxyl groups is 1. The number of ether oxygens (including phenoxy) is 3. The highest BCUT2D eigenvalue weighted by Crippen LogP contribution is 2.33. The van der Waals surface area contributed by atoms with Gasteiger partial charge in [-0.2, -0.15) is 0 Å². The third-order valence-corrected chi connectivity index (χ3v) is 8.87. The molecule has 3 N–H and O–H groups in total. The van der Waals surface area contributed by atoms with E-state index in [0.717, 1.165) is 44.6 Å². The molecule has 242 valence electrons. The van der Waals surface area contributed by atoms with Crippen LogP contribution in [0.4, 0.5) is 4.79 Å². The number of benzene rings is 3. The minimum Gasteiger partial charge on any atom is -0.443 e. The molecule has 0 radical (unpaired) electrons. The largest absolute Gasteiger partial charge is 0.443 e. The van der Waals surface area contributed by atoms with E-state index in [2.05, 4.69) is 90.0 Å². The number of fused-ring (bicyclic) bond motifs is 1. The van der Waals surface area contributed by atoms with Crippen molar-refractivity contribution in [3.63, 3.8) is 0 Å². The maximum Gasteiger partial charge on any atom is 0.407 e. The second-order valence-electron chi connectivity index (χ2n) is 13.2. The minimum atomic E-state index is -0.802. The van der Waals surface area contributed by atoms with Gasteiger partial charge in [-0.05, 0) is 47.9 Å². The summed E-state index contributed by atoms with van der Waals surface area (Å²) in [5, 5.41) is 17.7. The van der Waals surface area contributed by atoms with Crippen molar-refractivity contribution in [1.29, 1.82) is 0 Å². The number of carbonyl (C=O) groups excluding carboxylic acids is 1. The first-order valence-corrected chi connectivity index (χ1v) is 16.3. The molecule has 2 fully saturated rings. The molecule has 0 saturated carbocycles. The van der Waals surface area contributed by atoms with Gasteiger partial charge in [0, 0.05) is 26.2 Å². The van der Waals surface area contributed by atoms with Crippen molar-refractivity contribution in [3.05, 3.63) is 108 Å². The number of hydrogen-bond acceptors (Lipinski definition) is 7. The first kappa shape index (κ1) is 33.1. The van der Waals surface area contributed by atoms with Crippen LogP contribution in [0.15, 0.2) is 91.0 Å². The number of nitrogens with zero attached hydrogens (tertiary/aromatic N) is 1. The first-order chi connectivity index (χ1) is 21.8. The third kappa shape index (κ3) is 10.4. The summed E-state index contributed by atoms with van der Waals surface area (Å²) in [5.74, 6) is 0.0634. The Balaban J connectivity index is 1.13. The molecule has 8 nitrogen and oxygen atoms in total. The predicted molar refractivity (Wildman–Crippen MR) is 175 cm³/mol. The quantitative estimate of drug-likeness (QED) is 0.205. The zero-order valence-corrected chi connectivity index (χ0v) is 26.6. The van der Waals surface area contributed by atoms with Gasteiger partial charge in [-0.1, -0.05) is 105 Å². The van der Waals surface area contributed by atoms with Crippen molar-refractivity contribution in [3.8, 4) is 0 Å². The predicted octanol–water partition coefficient (Wildman–Crippen LogP) is 5.15. The van der Waals surface area contributed by atoms with E-state index >= 15 is 0 Å². The van der Waals surface area contributed by atoms with E-state index in [0.29, 0.717) is 26.2 Å². The molecule has 3 aromatic carbocycles. The molecule has 0 aromatic heterocycles. The van der Waals surface area contributed by atoms with Gasteiger partial charge in [-0.25, -0.2) is 4.79 Å². The molecule has 0 bridgehead atoms. The van der Waals surface area contributed by atoms with Gasteiger partial charge in [-0.3, -0.25) is 4.90 Å². The highest BCUT2D eigenvalue weighted by Gasteiger charge is 2.44. The topological polar surface area (TPSA) is 92.3 Å². The van der Waals surface area contributed by atoms with Gasteiger partial charge in [0.15, 0.2) is 6.29 Å². The van der Waals surface area contributed by atoms with Gasteiger partial charge in [0.05, 0.1) is 31.3 Å². The van der Waals surface area contributed by atoms with Crippen LogP contribution in [0.25, 0.3) is 0 Å². The molecular weight excluding hydrogens is 566 g/mol. The lowest BCUT2D eigenvalue weighted by atomic mass is 9.88. The normalized spacial score (nSPS) is 20.9. The van der Waals surface area contributed by atoms with Crippen LogP contribution >= 0.6 is 0 Å². The van der Waals surface area contributed by atoms with Crippen molar-refractivity contribution >= 4 is 6.09 Å². The Labute approximate surface area is 268 Å². The summed E-state index contributed by atoms with van der Waals surface area (Å²) >= 11 is 0. The number of carbonyl (C=O) groups is 1. The maximum atomic E-state index is 13.0. The molecule has 5 rings (SSSR count). The lowest BCUT2D eigenvalue weighted by molar-refractivity contribution is -0.0907. The average Bonchev–Trinajstić information content (AvgIpc) is 3.66. The number of aliphatic hydroxyl groups excluding tert-OH is 1. The van der Waals surface area contributed by atoms with Gasteiger partial charge in [0.25, 0.3) is 0 Å². The average molecular weight is 616 g/mol. The molecule has 2 heterocycles. The standard InChI is InChI=1S/C37H49N3O5/c1-37(2,19-20-40(24-29-14-8-4-9-15-29)25-30-16-10-5-11-17-30)27-38-23-33(41)32(22-28-12-6-3-7-13-28)39-36(42)45-34-26-44-35-31(34)18-21-43-35/h3-17,31-35,38,41H,18-27H2,1-2H3,(H,39,42)/t31-,32-,33+,34-,35+/m0/s1. The Morgan fingerprint density at radius 2 is 1.53 bits per heavy atom. The Bertz CT molecular complexity index is 1250. The fourth-order valence-corrected chi connectivity index (χ4v) is 6.17. The first-order valence-electron chi connectivity index (χ1n) is 16.3. The van der Waals surface area contributed by atoms with E-state index in [1.165, 1.54) is 11.1 Å². The SMILES string of the molecule is CC(C)(CCN(Cc1ccccc1)Cc1ccccc1)CNC[C@@H](O)[C@H](Cc1ccccc1)NC(=O)O[C@H]1CO[C@H]2OCC[C@H]21. The molecule has 2 aliphatic heterocycles. The second kappa shape index (κ2) is 16.3. The molecule has 45 heavy (non-hydrogen) atoms. The van der Waals surface area contributed by atoms with Crippen LogP contribution in [0.3, 0.4) is 0 Å². The number of nitrogens with one attached hydrogen (secondary N) is 2. The molecular formula is C37H49N3O5. The summed E-state index contributed by atoms with van der Waals surface area (Å²) in [6.07, 6.45) is 0.334. The molecule has 3 aromatic rings. The summed E-state index contributed by atoms with van der Waals surface area (Å²) in [4.78, 5) is 15.5. The van der Waals surface area contributed by atoms with Crippen LogP contribution in [0.2, 0.25) is 0 Å². The fraction of sp³-hybridized carbons (Fsp3) is 0.486. The molecule has 0 unspecified atom stereocenters. The smallest absolute Gasteiger partial charge is 0.407 e. The molecule has 0 aliphatic carbocycles. The summed E-state index contributed by atoms with van der Waals surface area (Å²) in [6.45, 7) is 9.29. The number of amides is 1. The molecule has 5 atom stereocenters. The Morgan fingerprint density at radius 3 is 2.16 bits per heavy atom. The Hall–Kier alpha value is -3.27. The van der Waals surface area contributed by atoms with Gasteiger partial charge in [0.2, 0.25) is 0 Å². The van der Waals surface area contributed by atoms with Crippen LogP contribution in [0.5, 0.6) is 0 Å². The number of rotatable bonds is 16. The van der Waals surface area contributed by atoms with Crippen molar-refractivity contribution in [2.45, 2.75) is 70.7 Å². The molecule has 8 heteroatoms. The highest BCUT2D eigenvalue weighted by molar-refractivity contribution is 5.68. The lowest BCUT2D eigenvalue weighted by Crippen LogP contribution is -2.50. The van der Waals surface area contributed by atoms with Gasteiger partial charge in [0.1, 0.15) is 6.10 Å². The summed E-state index contributed by atoms with van der Waals surface area (Å²) in [5.41, 5.74) is 3.64. The van der Waals surface area contributed by atoms with Crippen molar-refractivity contribution in [1.82, 2.24) is 15.5 Å². The van der Waals surface area contributed by atoms with Gasteiger partial charge < -0.3 is 30.0 Å². The second-order valence-corrected chi connectivity index (χ2v) is 13.2. The Morgan fingerprint density at radius 1 is 0.933 bits per heavy atom. The van der Waals surface area contributed by atoms with Crippen LogP contribution in [-0.4, -0.2) is 73.5 Å². The molecule has 0 spiro atoms. The molecule has 2 saturated heterocycles. The lowest BCUT2D eigenvalue weighted by Gasteiger charge is -2.31. The van der Waals surface area contributed by atoms with Gasteiger partial charge in [-0.15, -0.1) is 0 Å². The van der Waals surface area contributed by atoms with Crippen molar-refractivity contribution < 1.29 is 24.1 Å². The van der Waals surface area contributed by atoms with E-state index in [-0.39, 0.29) is 23.7 Å². The molecule has 2 aliphatic rings. The Kier molecular flexibility index (Phi) is 12.0. The summed E-state index contributed by atoms with van der Waals surface area (Å²) in [7, 11) is 0. The van der Waals surface area contributed by atoms with Crippen LogP contribution in [-0.2, 0) is 33.7 Å². The van der Waals surface area contributed by atoms with E-state index < -0.39 is 18.2 Å². The van der Waals surface area contributed by atoms with E-state index in [9.17, 15) is 9.90 Å². The highest BCUT2D eigenvalue weighted by atomic mass is 16.7. The monoisotopic (exact) mass is 615 g/mol. The maximum absolute atomic E-state index is 13.0. The van der Waals surface area contributed by atoms with Crippen LogP contribution in [0, 0.1) is 11.3 Å². The minimum absolute atomic E-state index is 0.00496. The van der Waals surface area contributed by atoms with Crippen molar-refractivity contribution in [2.75, 3.05) is 32.8 Å². The fourth-order valence-electron chi connectivity index (χ4n) is 6.17. The molecule has 1 amide bonds. The number of hydrogen-bond donors (Lipinski definition) is 3. The van der Waals surface area contributed by atoms with E-state index in [1.54, 1.807) is 0 Å². The van der Waals surface area contributed by atoms with Crippen molar-refractivity contribution in [2.24, 2.45) is 11.3 Å². The van der Waals surface area contributed by atoms with Crippen LogP contribution in [0.1, 0.15) is 43.4 Å². The van der Waals surface area contributed by atoms with Crippen LogP contribution < -0.4 is 10.6 Å². The number of alkyl carbamates (subject to hydrolysis) is 1. The van der Waals surface area contributed by atoms with E-state index in [4.69, 9.17) is 14.2 Å². The zero-order chi connectivity index (χ0) is 31.5.